The van der Waals surface area contributed by atoms with Gasteiger partial charge in [0.1, 0.15) is 0 Å². The van der Waals surface area contributed by atoms with E-state index in [9.17, 15) is 4.79 Å². The second-order valence-electron chi connectivity index (χ2n) is 4.80. The Hall–Kier alpha value is -0.810. The van der Waals surface area contributed by atoms with Crippen LogP contribution in [0.2, 0.25) is 0 Å². The number of carbonyl (C=O) groups is 1. The third-order valence-corrected chi connectivity index (χ3v) is 2.11. The predicted octanol–water partition coefficient (Wildman–Crippen LogP) is 0.188. The number of aliphatic hydroxyl groups is 1. The second kappa shape index (κ2) is 4.81. The topological polar surface area (TPSA) is 61.8 Å². The summed E-state index contributed by atoms with van der Waals surface area (Å²) in [5.74, 6) is 0. The van der Waals surface area contributed by atoms with Gasteiger partial charge in [-0.15, -0.1) is 0 Å². The van der Waals surface area contributed by atoms with Crippen LogP contribution < -0.4 is 5.32 Å². The van der Waals surface area contributed by atoms with Crippen molar-refractivity contribution in [3.8, 4) is 0 Å². The van der Waals surface area contributed by atoms with Crippen molar-refractivity contribution >= 4 is 6.03 Å². The number of nitrogens with zero attached hydrogens (tertiary/aromatic N) is 1. The highest BCUT2D eigenvalue weighted by Gasteiger charge is 2.25. The smallest absolute Gasteiger partial charge is 0.317 e. The van der Waals surface area contributed by atoms with Crippen LogP contribution in [0.15, 0.2) is 0 Å². The molecule has 0 spiro atoms. The molecule has 5 nitrogen and oxygen atoms in total. The van der Waals surface area contributed by atoms with Crippen molar-refractivity contribution in [2.45, 2.75) is 32.4 Å². The minimum atomic E-state index is -0.246. The first-order valence-corrected chi connectivity index (χ1v) is 5.22. The van der Waals surface area contributed by atoms with Crippen molar-refractivity contribution in [1.82, 2.24) is 10.2 Å². The lowest BCUT2D eigenvalue weighted by atomic mass is 10.1. The largest absolute Gasteiger partial charge is 0.394 e. The molecule has 0 saturated carbocycles. The molecule has 0 aromatic heterocycles. The summed E-state index contributed by atoms with van der Waals surface area (Å²) < 4.78 is 5.27. The Kier molecular flexibility index (Phi) is 3.93. The molecule has 1 atom stereocenters. The molecule has 1 aliphatic heterocycles. The molecule has 2 amide bonds. The summed E-state index contributed by atoms with van der Waals surface area (Å²) in [6.07, 6.45) is -0.246. The van der Waals surface area contributed by atoms with Crippen molar-refractivity contribution < 1.29 is 14.6 Å². The molecule has 1 heterocycles. The van der Waals surface area contributed by atoms with Crippen LogP contribution in [0.3, 0.4) is 0 Å². The molecule has 1 aliphatic rings. The Morgan fingerprint density at radius 1 is 1.60 bits per heavy atom. The maximum absolute atomic E-state index is 11.8. The Morgan fingerprint density at radius 3 is 2.80 bits per heavy atom. The highest BCUT2D eigenvalue weighted by atomic mass is 16.5. The summed E-state index contributed by atoms with van der Waals surface area (Å²) in [4.78, 5) is 13.4. The fourth-order valence-electron chi connectivity index (χ4n) is 1.41. The van der Waals surface area contributed by atoms with E-state index in [0.717, 1.165) is 0 Å². The van der Waals surface area contributed by atoms with Crippen molar-refractivity contribution in [3.63, 3.8) is 0 Å². The van der Waals surface area contributed by atoms with Gasteiger partial charge in [0.15, 0.2) is 0 Å². The first-order chi connectivity index (χ1) is 6.92. The van der Waals surface area contributed by atoms with Gasteiger partial charge in [-0.2, -0.15) is 0 Å². The lowest BCUT2D eigenvalue weighted by molar-refractivity contribution is -0.0407. The first kappa shape index (κ1) is 12.3. The highest BCUT2D eigenvalue weighted by Crippen LogP contribution is 2.07. The van der Waals surface area contributed by atoms with Crippen LogP contribution in [-0.2, 0) is 4.74 Å². The number of carbonyl (C=O) groups excluding carboxylic acids is 1. The van der Waals surface area contributed by atoms with Gasteiger partial charge in [-0.05, 0) is 20.8 Å². The lowest BCUT2D eigenvalue weighted by Crippen LogP contribution is -2.54. The zero-order chi connectivity index (χ0) is 11.5. The number of rotatable bonds is 1. The molecule has 1 saturated heterocycles. The molecule has 0 aromatic rings. The SMILES string of the molecule is CC(C)(C)NC(=O)N1CCOC(CO)C1. The molecule has 5 heteroatoms. The van der Waals surface area contributed by atoms with Gasteiger partial charge in [-0.1, -0.05) is 0 Å². The van der Waals surface area contributed by atoms with E-state index in [0.29, 0.717) is 19.7 Å². The van der Waals surface area contributed by atoms with E-state index in [1.807, 2.05) is 20.8 Å². The third-order valence-electron chi connectivity index (χ3n) is 2.11. The number of hydrogen-bond acceptors (Lipinski definition) is 3. The number of urea groups is 1. The molecular weight excluding hydrogens is 196 g/mol. The van der Waals surface area contributed by atoms with E-state index in [1.54, 1.807) is 4.90 Å². The normalized spacial score (nSPS) is 22.7. The highest BCUT2D eigenvalue weighted by molar-refractivity contribution is 5.75. The van der Waals surface area contributed by atoms with Gasteiger partial charge in [-0.25, -0.2) is 4.79 Å². The van der Waals surface area contributed by atoms with Crippen LogP contribution in [0.4, 0.5) is 4.79 Å². The van der Waals surface area contributed by atoms with E-state index in [-0.39, 0.29) is 24.3 Å². The summed E-state index contributed by atoms with van der Waals surface area (Å²) in [6, 6.07) is -0.0933. The van der Waals surface area contributed by atoms with Crippen LogP contribution in [0.1, 0.15) is 20.8 Å². The van der Waals surface area contributed by atoms with Crippen molar-refractivity contribution in [2.24, 2.45) is 0 Å². The molecule has 0 radical (unpaired) electrons. The predicted molar refractivity (Wildman–Crippen MR) is 56.7 cm³/mol. The minimum Gasteiger partial charge on any atom is -0.394 e. The van der Waals surface area contributed by atoms with E-state index in [2.05, 4.69) is 5.32 Å². The average Bonchev–Trinajstić information content (AvgIpc) is 2.15. The summed E-state index contributed by atoms with van der Waals surface area (Å²) >= 11 is 0. The molecular formula is C10H20N2O3. The maximum Gasteiger partial charge on any atom is 0.317 e. The summed E-state index contributed by atoms with van der Waals surface area (Å²) in [7, 11) is 0. The van der Waals surface area contributed by atoms with Gasteiger partial charge < -0.3 is 20.1 Å². The third kappa shape index (κ3) is 4.05. The van der Waals surface area contributed by atoms with Gasteiger partial charge in [0, 0.05) is 12.1 Å². The fraction of sp³-hybridized carbons (Fsp3) is 0.900. The van der Waals surface area contributed by atoms with Crippen LogP contribution in [0.5, 0.6) is 0 Å². The number of morpholine rings is 1. The summed E-state index contributed by atoms with van der Waals surface area (Å²) in [5.41, 5.74) is -0.232. The molecule has 0 aromatic carbocycles. The minimum absolute atomic E-state index is 0.0424. The Bertz CT molecular complexity index is 225. The van der Waals surface area contributed by atoms with Crippen molar-refractivity contribution in [1.29, 1.82) is 0 Å². The van der Waals surface area contributed by atoms with Crippen LogP contribution in [0, 0.1) is 0 Å². The summed E-state index contributed by atoms with van der Waals surface area (Å²) in [6.45, 7) is 7.30. The van der Waals surface area contributed by atoms with Gasteiger partial charge >= 0.3 is 6.03 Å². The molecule has 2 N–H and O–H groups in total. The van der Waals surface area contributed by atoms with E-state index in [1.165, 1.54) is 0 Å². The number of aliphatic hydroxyl groups excluding tert-OH is 1. The Morgan fingerprint density at radius 2 is 2.27 bits per heavy atom. The van der Waals surface area contributed by atoms with E-state index >= 15 is 0 Å². The van der Waals surface area contributed by atoms with E-state index in [4.69, 9.17) is 9.84 Å². The molecule has 0 bridgehead atoms. The number of nitrogens with one attached hydrogen (secondary N) is 1. The van der Waals surface area contributed by atoms with Gasteiger partial charge in [0.2, 0.25) is 0 Å². The zero-order valence-electron chi connectivity index (χ0n) is 9.62. The fourth-order valence-corrected chi connectivity index (χ4v) is 1.41. The molecule has 1 fully saturated rings. The Labute approximate surface area is 90.4 Å². The first-order valence-electron chi connectivity index (χ1n) is 5.22. The second-order valence-corrected chi connectivity index (χ2v) is 4.80. The molecule has 1 rings (SSSR count). The van der Waals surface area contributed by atoms with Gasteiger partial charge in [0.25, 0.3) is 0 Å². The van der Waals surface area contributed by atoms with Crippen LogP contribution in [0.25, 0.3) is 0 Å². The summed E-state index contributed by atoms with van der Waals surface area (Å²) in [5, 5.41) is 11.8. The Balaban J connectivity index is 2.45. The van der Waals surface area contributed by atoms with Gasteiger partial charge in [-0.3, -0.25) is 0 Å². The standard InChI is InChI=1S/C10H20N2O3/c1-10(2,3)11-9(14)12-4-5-15-8(6-12)7-13/h8,13H,4-7H2,1-3H3,(H,11,14). The molecule has 0 aliphatic carbocycles. The number of ether oxygens (including phenoxy) is 1. The van der Waals surface area contributed by atoms with E-state index < -0.39 is 0 Å². The van der Waals surface area contributed by atoms with Crippen molar-refractivity contribution in [2.75, 3.05) is 26.3 Å². The van der Waals surface area contributed by atoms with Crippen LogP contribution in [-0.4, -0.2) is 54.0 Å². The van der Waals surface area contributed by atoms with Crippen molar-refractivity contribution in [3.05, 3.63) is 0 Å². The van der Waals surface area contributed by atoms with Gasteiger partial charge in [0.05, 0.1) is 25.9 Å². The molecule has 1 unspecified atom stereocenters. The molecule has 15 heavy (non-hydrogen) atoms. The zero-order valence-corrected chi connectivity index (χ0v) is 9.62. The lowest BCUT2D eigenvalue weighted by Gasteiger charge is -2.34. The average molecular weight is 216 g/mol. The monoisotopic (exact) mass is 216 g/mol. The van der Waals surface area contributed by atoms with Crippen LogP contribution >= 0.6 is 0 Å². The quantitative estimate of drug-likeness (QED) is 0.657. The number of hydrogen-bond donors (Lipinski definition) is 2. The maximum atomic E-state index is 11.8. The number of amides is 2. The molecule has 88 valence electrons.